The predicted molar refractivity (Wildman–Crippen MR) is 125 cm³/mol. The zero-order valence-corrected chi connectivity index (χ0v) is 18.3. The highest BCUT2D eigenvalue weighted by Crippen LogP contribution is 2.21. The van der Waals surface area contributed by atoms with Gasteiger partial charge in [-0.15, -0.1) is 0 Å². The maximum Gasteiger partial charge on any atom is 0.222 e. The first-order chi connectivity index (χ1) is 15.7. The molecule has 1 amide bonds. The van der Waals surface area contributed by atoms with Gasteiger partial charge < -0.3 is 9.32 Å². The maximum absolute atomic E-state index is 12.4. The quantitative estimate of drug-likeness (QED) is 0.379. The minimum atomic E-state index is 0.148. The summed E-state index contributed by atoms with van der Waals surface area (Å²) >= 11 is 0. The zero-order chi connectivity index (χ0) is 22.2. The number of aryl methyl sites for hydroxylation is 2. The fraction of sp³-hybridized carbons (Fsp3) is 0.269. The van der Waals surface area contributed by atoms with Gasteiger partial charge in [-0.05, 0) is 25.3 Å². The summed E-state index contributed by atoms with van der Waals surface area (Å²) in [5.74, 6) is 1.58. The Labute approximate surface area is 188 Å². The second kappa shape index (κ2) is 10.6. The van der Waals surface area contributed by atoms with E-state index >= 15 is 0 Å². The Balaban J connectivity index is 1.16. The molecule has 2 aromatic carbocycles. The van der Waals surface area contributed by atoms with Crippen LogP contribution in [0.25, 0.3) is 22.6 Å². The third-order valence-corrected chi connectivity index (χ3v) is 5.46. The molecule has 0 bridgehead atoms. The Morgan fingerprint density at radius 3 is 2.44 bits per heavy atom. The minimum Gasteiger partial charge on any atom is -0.441 e. The fourth-order valence-electron chi connectivity index (χ4n) is 3.62. The second-order valence-corrected chi connectivity index (χ2v) is 7.90. The molecule has 0 saturated carbocycles. The van der Waals surface area contributed by atoms with Gasteiger partial charge in [0, 0.05) is 43.3 Å². The van der Waals surface area contributed by atoms with Crippen molar-refractivity contribution in [2.75, 3.05) is 13.6 Å². The maximum atomic E-state index is 12.4. The molecule has 0 unspecified atom stereocenters. The van der Waals surface area contributed by atoms with Crippen LogP contribution in [0.3, 0.4) is 0 Å². The van der Waals surface area contributed by atoms with Crippen LogP contribution >= 0.6 is 0 Å². The van der Waals surface area contributed by atoms with Crippen molar-refractivity contribution < 1.29 is 9.21 Å². The number of carbonyl (C=O) groups is 1. The summed E-state index contributed by atoms with van der Waals surface area (Å²) in [6.07, 6.45) is 5.36. The molecule has 6 heteroatoms. The number of nitrogens with zero attached hydrogens (tertiary/aromatic N) is 3. The van der Waals surface area contributed by atoms with Crippen molar-refractivity contribution in [3.05, 3.63) is 84.5 Å². The van der Waals surface area contributed by atoms with E-state index < -0.39 is 0 Å². The molecule has 0 aliphatic heterocycles. The molecule has 1 N–H and O–H groups in total. The van der Waals surface area contributed by atoms with Gasteiger partial charge >= 0.3 is 0 Å². The van der Waals surface area contributed by atoms with Gasteiger partial charge in [0.25, 0.3) is 0 Å². The van der Waals surface area contributed by atoms with Crippen molar-refractivity contribution in [1.82, 2.24) is 20.1 Å². The van der Waals surface area contributed by atoms with Crippen LogP contribution in [0.15, 0.2) is 77.3 Å². The summed E-state index contributed by atoms with van der Waals surface area (Å²) in [6.45, 7) is 0.718. The van der Waals surface area contributed by atoms with Gasteiger partial charge in [-0.3, -0.25) is 9.89 Å². The Hall–Kier alpha value is -3.67. The molecule has 0 radical (unpaired) electrons. The summed E-state index contributed by atoms with van der Waals surface area (Å²) in [5.41, 5.74) is 4.15. The summed E-state index contributed by atoms with van der Waals surface area (Å²) in [7, 11) is 1.86. The minimum absolute atomic E-state index is 0.148. The lowest BCUT2D eigenvalue weighted by atomic mass is 10.1. The SMILES string of the molecule is CN(CCCc1cc(-c2ccccc2)n[nH]1)C(=O)CCCc1ncc(-c2ccccc2)o1. The molecule has 6 nitrogen and oxygen atoms in total. The standard InChI is InChI=1S/C26H28N4O2/c1-30(17-9-14-22-18-23(29-28-22)20-10-4-2-5-11-20)26(31)16-8-15-25-27-19-24(32-25)21-12-6-3-7-13-21/h2-7,10-13,18-19H,8-9,14-17H2,1H3,(H,28,29). The van der Waals surface area contributed by atoms with Gasteiger partial charge in [0.05, 0.1) is 11.9 Å². The van der Waals surface area contributed by atoms with Crippen LogP contribution in [0.2, 0.25) is 0 Å². The van der Waals surface area contributed by atoms with Gasteiger partial charge in [0.1, 0.15) is 0 Å². The van der Waals surface area contributed by atoms with Crippen LogP contribution in [-0.4, -0.2) is 39.6 Å². The Morgan fingerprint density at radius 1 is 0.969 bits per heavy atom. The molecular formula is C26H28N4O2. The van der Waals surface area contributed by atoms with E-state index in [0.29, 0.717) is 18.7 Å². The molecule has 2 heterocycles. The number of amides is 1. The third kappa shape index (κ3) is 5.72. The van der Waals surface area contributed by atoms with Crippen molar-refractivity contribution in [2.45, 2.75) is 32.1 Å². The molecule has 4 aromatic rings. The van der Waals surface area contributed by atoms with Gasteiger partial charge in [0.15, 0.2) is 11.7 Å². The Bertz CT molecular complexity index is 1120. The van der Waals surface area contributed by atoms with E-state index in [1.54, 1.807) is 11.1 Å². The van der Waals surface area contributed by atoms with E-state index in [9.17, 15) is 4.79 Å². The highest BCUT2D eigenvalue weighted by molar-refractivity contribution is 5.75. The van der Waals surface area contributed by atoms with E-state index in [0.717, 1.165) is 54.1 Å². The number of benzene rings is 2. The van der Waals surface area contributed by atoms with Crippen molar-refractivity contribution in [3.8, 4) is 22.6 Å². The van der Waals surface area contributed by atoms with E-state index in [-0.39, 0.29) is 5.91 Å². The van der Waals surface area contributed by atoms with E-state index in [2.05, 4.69) is 21.2 Å². The van der Waals surface area contributed by atoms with Crippen LogP contribution in [0, 0.1) is 0 Å². The van der Waals surface area contributed by atoms with Gasteiger partial charge in [-0.1, -0.05) is 60.7 Å². The summed E-state index contributed by atoms with van der Waals surface area (Å²) in [6, 6.07) is 22.1. The molecule has 0 atom stereocenters. The van der Waals surface area contributed by atoms with Crippen molar-refractivity contribution in [3.63, 3.8) is 0 Å². The average Bonchev–Trinajstić information content (AvgIpc) is 3.50. The number of hydrogen-bond donors (Lipinski definition) is 1. The Kier molecular flexibility index (Phi) is 7.12. The lowest BCUT2D eigenvalue weighted by Gasteiger charge is -2.16. The number of hydrogen-bond acceptors (Lipinski definition) is 4. The number of carbonyl (C=O) groups excluding carboxylic acids is 1. The molecule has 0 saturated heterocycles. The molecule has 4 rings (SSSR count). The van der Waals surface area contributed by atoms with Gasteiger partial charge in [-0.25, -0.2) is 4.98 Å². The van der Waals surface area contributed by atoms with Crippen LogP contribution in [-0.2, 0) is 17.6 Å². The first kappa shape index (κ1) is 21.6. The van der Waals surface area contributed by atoms with E-state index in [1.165, 1.54) is 0 Å². The second-order valence-electron chi connectivity index (χ2n) is 7.90. The lowest BCUT2D eigenvalue weighted by molar-refractivity contribution is -0.130. The monoisotopic (exact) mass is 428 g/mol. The number of aromatic amines is 1. The number of aromatic nitrogens is 3. The normalized spacial score (nSPS) is 10.9. The Morgan fingerprint density at radius 2 is 1.69 bits per heavy atom. The van der Waals surface area contributed by atoms with Crippen LogP contribution < -0.4 is 0 Å². The summed E-state index contributed by atoms with van der Waals surface area (Å²) in [4.78, 5) is 18.6. The fourth-order valence-corrected chi connectivity index (χ4v) is 3.62. The first-order valence-electron chi connectivity index (χ1n) is 11.0. The third-order valence-electron chi connectivity index (χ3n) is 5.46. The lowest BCUT2D eigenvalue weighted by Crippen LogP contribution is -2.27. The van der Waals surface area contributed by atoms with E-state index in [1.807, 2.05) is 67.7 Å². The predicted octanol–water partition coefficient (Wildman–Crippen LogP) is 5.15. The highest BCUT2D eigenvalue weighted by atomic mass is 16.4. The van der Waals surface area contributed by atoms with E-state index in [4.69, 9.17) is 4.42 Å². The van der Waals surface area contributed by atoms with Gasteiger partial charge in [0.2, 0.25) is 5.91 Å². The topological polar surface area (TPSA) is 75.0 Å². The van der Waals surface area contributed by atoms with Crippen molar-refractivity contribution in [2.24, 2.45) is 0 Å². The molecule has 0 aliphatic carbocycles. The van der Waals surface area contributed by atoms with Gasteiger partial charge in [-0.2, -0.15) is 5.10 Å². The zero-order valence-electron chi connectivity index (χ0n) is 18.3. The number of nitrogens with one attached hydrogen (secondary N) is 1. The molecule has 32 heavy (non-hydrogen) atoms. The molecule has 0 fully saturated rings. The largest absolute Gasteiger partial charge is 0.441 e. The molecule has 164 valence electrons. The molecule has 2 aromatic heterocycles. The first-order valence-corrected chi connectivity index (χ1v) is 11.0. The number of H-pyrrole nitrogens is 1. The van der Waals surface area contributed by atoms with Crippen LogP contribution in [0.1, 0.15) is 30.8 Å². The number of rotatable bonds is 10. The summed E-state index contributed by atoms with van der Waals surface area (Å²) < 4.78 is 5.81. The van der Waals surface area contributed by atoms with Crippen LogP contribution in [0.4, 0.5) is 0 Å². The van der Waals surface area contributed by atoms with Crippen molar-refractivity contribution in [1.29, 1.82) is 0 Å². The van der Waals surface area contributed by atoms with Crippen molar-refractivity contribution >= 4 is 5.91 Å². The molecular weight excluding hydrogens is 400 g/mol. The smallest absolute Gasteiger partial charge is 0.222 e. The average molecular weight is 429 g/mol. The summed E-state index contributed by atoms with van der Waals surface area (Å²) in [5, 5.41) is 7.49. The highest BCUT2D eigenvalue weighted by Gasteiger charge is 2.11. The number of oxazole rings is 1. The molecule has 0 spiro atoms. The molecule has 0 aliphatic rings. The van der Waals surface area contributed by atoms with Crippen LogP contribution in [0.5, 0.6) is 0 Å².